The van der Waals surface area contributed by atoms with Crippen LogP contribution in [0.4, 0.5) is 11.4 Å². The largest absolute Gasteiger partial charge is 0.456 e. The highest BCUT2D eigenvalue weighted by Gasteiger charge is 2.16. The van der Waals surface area contributed by atoms with Crippen LogP contribution in [0.2, 0.25) is 0 Å². The molecule has 6 heteroatoms. The molecule has 2 rings (SSSR count). The van der Waals surface area contributed by atoms with Crippen molar-refractivity contribution >= 4 is 29.2 Å². The van der Waals surface area contributed by atoms with Gasteiger partial charge < -0.3 is 15.4 Å². The highest BCUT2D eigenvalue weighted by Crippen LogP contribution is 2.20. The highest BCUT2D eigenvalue weighted by molar-refractivity contribution is 5.93. The first-order valence-electron chi connectivity index (χ1n) is 7.53. The van der Waals surface area contributed by atoms with Crippen LogP contribution in [0.15, 0.2) is 36.4 Å². The highest BCUT2D eigenvalue weighted by atomic mass is 16.5. The molecule has 6 nitrogen and oxygen atoms in total. The number of anilines is 2. The number of hydrogen-bond acceptors (Lipinski definition) is 4. The molecule has 0 aliphatic heterocycles. The molecule has 122 valence electrons. The fourth-order valence-electron chi connectivity index (χ4n) is 2.32. The molecule has 0 unspecified atom stereocenters. The number of carbonyl (C=O) groups is 3. The number of esters is 1. The summed E-state index contributed by atoms with van der Waals surface area (Å²) in [4.78, 5) is 34.3. The van der Waals surface area contributed by atoms with Gasteiger partial charge in [0.05, 0.1) is 6.42 Å². The molecule has 0 bridgehead atoms. The molecule has 0 aromatic heterocycles. The Kier molecular flexibility index (Phi) is 5.91. The SMILES string of the molecule is CC(=O)Nc1ccc(NC(=O)COC(=O)C[C@H]2C=CCC2)cc1. The average molecular weight is 316 g/mol. The molecule has 2 N–H and O–H groups in total. The number of nitrogens with one attached hydrogen (secondary N) is 2. The molecule has 1 atom stereocenters. The van der Waals surface area contributed by atoms with Crippen molar-refractivity contribution in [3.8, 4) is 0 Å². The van der Waals surface area contributed by atoms with E-state index < -0.39 is 5.91 Å². The van der Waals surface area contributed by atoms with E-state index in [9.17, 15) is 14.4 Å². The molecule has 1 aliphatic carbocycles. The number of hydrogen-bond donors (Lipinski definition) is 2. The molecular formula is C17H20N2O4. The summed E-state index contributed by atoms with van der Waals surface area (Å²) >= 11 is 0. The Labute approximate surface area is 134 Å². The average Bonchev–Trinajstić information content (AvgIpc) is 2.99. The molecule has 0 saturated heterocycles. The van der Waals surface area contributed by atoms with Crippen LogP contribution in [-0.2, 0) is 19.1 Å². The normalized spacial score (nSPS) is 16.0. The molecule has 1 aliphatic rings. The first-order valence-corrected chi connectivity index (χ1v) is 7.53. The van der Waals surface area contributed by atoms with Gasteiger partial charge in [0.1, 0.15) is 0 Å². The molecule has 0 spiro atoms. The fourth-order valence-corrected chi connectivity index (χ4v) is 2.32. The van der Waals surface area contributed by atoms with E-state index in [2.05, 4.69) is 16.7 Å². The zero-order valence-corrected chi connectivity index (χ0v) is 13.0. The quantitative estimate of drug-likeness (QED) is 0.624. The standard InChI is InChI=1S/C17H20N2O4/c1-12(20)18-14-6-8-15(9-7-14)19-16(21)11-23-17(22)10-13-4-2-3-5-13/h2,4,6-9,13H,3,5,10-11H2,1H3,(H,18,20)(H,19,21)/t13-/m0/s1. The van der Waals surface area contributed by atoms with Crippen LogP contribution in [0.1, 0.15) is 26.2 Å². The zero-order chi connectivity index (χ0) is 16.7. The number of carbonyl (C=O) groups excluding carboxylic acids is 3. The van der Waals surface area contributed by atoms with E-state index in [-0.39, 0.29) is 24.4 Å². The van der Waals surface area contributed by atoms with Crippen molar-refractivity contribution in [2.24, 2.45) is 5.92 Å². The van der Waals surface area contributed by atoms with Crippen molar-refractivity contribution in [3.63, 3.8) is 0 Å². The third kappa shape index (κ3) is 5.94. The van der Waals surface area contributed by atoms with Crippen molar-refractivity contribution in [2.45, 2.75) is 26.2 Å². The lowest BCUT2D eigenvalue weighted by Gasteiger charge is -2.09. The summed E-state index contributed by atoms with van der Waals surface area (Å²) in [5, 5.41) is 5.26. The van der Waals surface area contributed by atoms with Crippen molar-refractivity contribution in [2.75, 3.05) is 17.2 Å². The lowest BCUT2D eigenvalue weighted by Crippen LogP contribution is -2.21. The molecule has 1 aromatic rings. The Balaban J connectivity index is 1.72. The van der Waals surface area contributed by atoms with E-state index >= 15 is 0 Å². The second-order valence-corrected chi connectivity index (χ2v) is 5.44. The zero-order valence-electron chi connectivity index (χ0n) is 13.0. The van der Waals surface area contributed by atoms with Crippen LogP contribution in [0.5, 0.6) is 0 Å². The van der Waals surface area contributed by atoms with Crippen molar-refractivity contribution < 1.29 is 19.1 Å². The summed E-state index contributed by atoms with van der Waals surface area (Å²) in [6.07, 6.45) is 6.33. The molecule has 1 aromatic carbocycles. The Hall–Kier alpha value is -2.63. The topological polar surface area (TPSA) is 84.5 Å². The lowest BCUT2D eigenvalue weighted by atomic mass is 10.1. The van der Waals surface area contributed by atoms with Gasteiger partial charge in [-0.2, -0.15) is 0 Å². The first-order chi connectivity index (χ1) is 11.0. The van der Waals surface area contributed by atoms with Crippen molar-refractivity contribution in [1.82, 2.24) is 0 Å². The van der Waals surface area contributed by atoms with E-state index in [0.717, 1.165) is 12.8 Å². The van der Waals surface area contributed by atoms with E-state index in [4.69, 9.17) is 4.74 Å². The first kappa shape index (κ1) is 16.7. The Morgan fingerprint density at radius 3 is 2.35 bits per heavy atom. The smallest absolute Gasteiger partial charge is 0.306 e. The third-order valence-electron chi connectivity index (χ3n) is 3.39. The Bertz CT molecular complexity index is 608. The van der Waals surface area contributed by atoms with Gasteiger partial charge in [0.15, 0.2) is 6.61 Å². The van der Waals surface area contributed by atoms with Gasteiger partial charge in [-0.3, -0.25) is 14.4 Å². The monoisotopic (exact) mass is 316 g/mol. The Morgan fingerprint density at radius 1 is 1.13 bits per heavy atom. The molecular weight excluding hydrogens is 296 g/mol. The van der Waals surface area contributed by atoms with Gasteiger partial charge in [-0.1, -0.05) is 12.2 Å². The van der Waals surface area contributed by atoms with Crippen LogP contribution < -0.4 is 10.6 Å². The minimum Gasteiger partial charge on any atom is -0.456 e. The maximum atomic E-state index is 11.7. The molecule has 0 radical (unpaired) electrons. The molecule has 0 saturated carbocycles. The van der Waals surface area contributed by atoms with Gasteiger partial charge >= 0.3 is 5.97 Å². The molecule has 23 heavy (non-hydrogen) atoms. The maximum Gasteiger partial charge on any atom is 0.306 e. The van der Waals surface area contributed by atoms with Crippen LogP contribution in [-0.4, -0.2) is 24.4 Å². The van der Waals surface area contributed by atoms with E-state index in [1.54, 1.807) is 24.3 Å². The predicted octanol–water partition coefficient (Wildman–Crippen LogP) is 2.48. The van der Waals surface area contributed by atoms with Gasteiger partial charge in [-0.25, -0.2) is 0 Å². The van der Waals surface area contributed by atoms with Gasteiger partial charge in [0.2, 0.25) is 5.91 Å². The number of amides is 2. The summed E-state index contributed by atoms with van der Waals surface area (Å²) in [6, 6.07) is 6.67. The second kappa shape index (κ2) is 8.12. The number of rotatable bonds is 6. The van der Waals surface area contributed by atoms with Crippen molar-refractivity contribution in [1.29, 1.82) is 0 Å². The van der Waals surface area contributed by atoms with Gasteiger partial charge in [-0.05, 0) is 43.0 Å². The van der Waals surface area contributed by atoms with Gasteiger partial charge in [-0.15, -0.1) is 0 Å². The van der Waals surface area contributed by atoms with Crippen LogP contribution in [0.3, 0.4) is 0 Å². The maximum absolute atomic E-state index is 11.7. The molecule has 2 amide bonds. The number of ether oxygens (including phenoxy) is 1. The lowest BCUT2D eigenvalue weighted by molar-refractivity contribution is -0.147. The molecule has 0 heterocycles. The summed E-state index contributed by atoms with van der Waals surface area (Å²) < 4.78 is 4.97. The van der Waals surface area contributed by atoms with E-state index in [1.807, 2.05) is 6.08 Å². The van der Waals surface area contributed by atoms with Crippen LogP contribution in [0, 0.1) is 5.92 Å². The van der Waals surface area contributed by atoms with Crippen LogP contribution in [0.25, 0.3) is 0 Å². The molecule has 0 fully saturated rings. The van der Waals surface area contributed by atoms with Crippen LogP contribution >= 0.6 is 0 Å². The summed E-state index contributed by atoms with van der Waals surface area (Å²) in [7, 11) is 0. The van der Waals surface area contributed by atoms with Gasteiger partial charge in [0.25, 0.3) is 5.91 Å². The summed E-state index contributed by atoms with van der Waals surface area (Å²) in [5.74, 6) is -0.692. The Morgan fingerprint density at radius 2 is 1.78 bits per heavy atom. The summed E-state index contributed by atoms with van der Waals surface area (Å²) in [6.45, 7) is 1.12. The fraction of sp³-hybridized carbons (Fsp3) is 0.353. The predicted molar refractivity (Wildman–Crippen MR) is 86.8 cm³/mol. The minimum absolute atomic E-state index is 0.161. The van der Waals surface area contributed by atoms with Gasteiger partial charge in [0, 0.05) is 18.3 Å². The third-order valence-corrected chi connectivity index (χ3v) is 3.39. The second-order valence-electron chi connectivity index (χ2n) is 5.44. The van der Waals surface area contributed by atoms with E-state index in [0.29, 0.717) is 17.8 Å². The summed E-state index contributed by atoms with van der Waals surface area (Å²) in [5.41, 5.74) is 1.21. The minimum atomic E-state index is -0.396. The number of benzene rings is 1. The van der Waals surface area contributed by atoms with E-state index in [1.165, 1.54) is 6.92 Å². The number of allylic oxidation sites excluding steroid dienone is 2. The van der Waals surface area contributed by atoms with Crippen molar-refractivity contribution in [3.05, 3.63) is 36.4 Å².